The van der Waals surface area contributed by atoms with Crippen LogP contribution in [-0.4, -0.2) is 37.4 Å². The second-order valence-corrected chi connectivity index (χ2v) is 5.79. The molecule has 2 fully saturated rings. The van der Waals surface area contributed by atoms with Gasteiger partial charge >= 0.3 is 0 Å². The van der Waals surface area contributed by atoms with E-state index >= 15 is 0 Å². The third kappa shape index (κ3) is 1.53. The van der Waals surface area contributed by atoms with Gasteiger partial charge in [0.2, 0.25) is 0 Å². The van der Waals surface area contributed by atoms with Gasteiger partial charge in [-0.2, -0.15) is 0 Å². The quantitative estimate of drug-likeness (QED) is 0.660. The molecule has 3 heteroatoms. The number of rotatable bonds is 1. The van der Waals surface area contributed by atoms with Gasteiger partial charge in [-0.25, -0.2) is 0 Å². The summed E-state index contributed by atoms with van der Waals surface area (Å²) < 4.78 is 0. The molecule has 2 bridgehead atoms. The number of hydrogen-bond donors (Lipinski definition) is 3. The summed E-state index contributed by atoms with van der Waals surface area (Å²) in [7, 11) is 0. The Bertz CT molecular complexity index is 394. The van der Waals surface area contributed by atoms with Crippen molar-refractivity contribution in [2.24, 2.45) is 5.41 Å². The number of aliphatic hydroxyl groups is 1. The van der Waals surface area contributed by atoms with Crippen LogP contribution < -0.4 is 10.6 Å². The first-order chi connectivity index (χ1) is 8.17. The van der Waals surface area contributed by atoms with Crippen LogP contribution in [0.5, 0.6) is 0 Å². The Labute approximate surface area is 102 Å². The van der Waals surface area contributed by atoms with Crippen molar-refractivity contribution in [2.45, 2.75) is 18.4 Å². The second-order valence-electron chi connectivity index (χ2n) is 5.79. The van der Waals surface area contributed by atoms with Crippen molar-refractivity contribution in [3.8, 4) is 0 Å². The molecule has 0 saturated carbocycles. The predicted molar refractivity (Wildman–Crippen MR) is 68.0 cm³/mol. The summed E-state index contributed by atoms with van der Waals surface area (Å²) in [6.45, 7) is 5.63. The Balaban J connectivity index is 2.05. The van der Waals surface area contributed by atoms with Crippen LogP contribution in [0, 0.1) is 5.41 Å². The number of benzene rings is 1. The van der Waals surface area contributed by atoms with Crippen molar-refractivity contribution in [3.63, 3.8) is 0 Å². The monoisotopic (exact) mass is 232 g/mol. The van der Waals surface area contributed by atoms with E-state index in [-0.39, 0.29) is 16.9 Å². The average Bonchev–Trinajstić information content (AvgIpc) is 2.33. The number of nitrogens with one attached hydrogen (secondary N) is 2. The molecule has 0 aromatic heterocycles. The van der Waals surface area contributed by atoms with Gasteiger partial charge in [0.25, 0.3) is 0 Å². The van der Waals surface area contributed by atoms with E-state index in [2.05, 4.69) is 41.8 Å². The van der Waals surface area contributed by atoms with E-state index in [1.165, 1.54) is 5.56 Å². The molecule has 3 nitrogen and oxygen atoms in total. The van der Waals surface area contributed by atoms with E-state index < -0.39 is 0 Å². The first-order valence-electron chi connectivity index (χ1n) is 6.32. The highest BCUT2D eigenvalue weighted by atomic mass is 16.3. The van der Waals surface area contributed by atoms with Crippen molar-refractivity contribution in [3.05, 3.63) is 35.9 Å². The zero-order valence-corrected chi connectivity index (χ0v) is 10.2. The highest BCUT2D eigenvalue weighted by molar-refractivity contribution is 5.32. The summed E-state index contributed by atoms with van der Waals surface area (Å²) in [5.41, 5.74) is 0.997. The van der Waals surface area contributed by atoms with Crippen LogP contribution in [0.25, 0.3) is 0 Å². The summed E-state index contributed by atoms with van der Waals surface area (Å²) in [5, 5.41) is 17.8. The molecule has 0 radical (unpaired) electrons. The molecule has 2 aliphatic heterocycles. The van der Waals surface area contributed by atoms with Crippen LogP contribution in [0.15, 0.2) is 30.3 Å². The first kappa shape index (κ1) is 11.2. The lowest BCUT2D eigenvalue weighted by molar-refractivity contribution is -0.0717. The van der Waals surface area contributed by atoms with Gasteiger partial charge < -0.3 is 15.7 Å². The smallest absolute Gasteiger partial charge is 0.0739 e. The van der Waals surface area contributed by atoms with E-state index in [4.69, 9.17) is 0 Å². The molecule has 1 aromatic rings. The molecular weight excluding hydrogens is 212 g/mol. The molecule has 2 aliphatic rings. The summed E-state index contributed by atoms with van der Waals surface area (Å²) in [6.07, 6.45) is -0.278. The molecular formula is C14H20N2O. The van der Waals surface area contributed by atoms with Crippen molar-refractivity contribution in [1.82, 2.24) is 10.6 Å². The van der Waals surface area contributed by atoms with Crippen LogP contribution in [-0.2, 0) is 5.41 Å². The van der Waals surface area contributed by atoms with Gasteiger partial charge in [0.1, 0.15) is 0 Å². The van der Waals surface area contributed by atoms with Gasteiger partial charge in [-0.1, -0.05) is 37.3 Å². The summed E-state index contributed by atoms with van der Waals surface area (Å²) in [6, 6.07) is 10.4. The third-order valence-electron chi connectivity index (χ3n) is 4.47. The Morgan fingerprint density at radius 2 is 1.65 bits per heavy atom. The fourth-order valence-corrected chi connectivity index (χ4v) is 3.45. The van der Waals surface area contributed by atoms with Gasteiger partial charge in [0, 0.05) is 37.0 Å². The molecule has 3 N–H and O–H groups in total. The van der Waals surface area contributed by atoms with E-state index in [1.54, 1.807) is 0 Å². The molecule has 0 amide bonds. The summed E-state index contributed by atoms with van der Waals surface area (Å²) in [4.78, 5) is 0. The zero-order chi connectivity index (χ0) is 11.9. The average molecular weight is 232 g/mol. The SMILES string of the molecule is CC12CNCC(c3ccccc3)(CNC1)[C@H]2O. The highest BCUT2D eigenvalue weighted by Gasteiger charge is 2.54. The number of aliphatic hydroxyl groups excluding tert-OH is 1. The molecule has 17 heavy (non-hydrogen) atoms. The van der Waals surface area contributed by atoms with E-state index in [1.807, 2.05) is 6.07 Å². The summed E-state index contributed by atoms with van der Waals surface area (Å²) in [5.74, 6) is 0. The molecule has 0 spiro atoms. The highest BCUT2D eigenvalue weighted by Crippen LogP contribution is 2.42. The van der Waals surface area contributed by atoms with Crippen molar-refractivity contribution in [2.75, 3.05) is 26.2 Å². The molecule has 1 aromatic carbocycles. The molecule has 92 valence electrons. The summed E-state index contributed by atoms with van der Waals surface area (Å²) >= 11 is 0. The van der Waals surface area contributed by atoms with E-state index in [9.17, 15) is 5.11 Å². The van der Waals surface area contributed by atoms with Crippen LogP contribution >= 0.6 is 0 Å². The maximum absolute atomic E-state index is 10.8. The van der Waals surface area contributed by atoms with Gasteiger partial charge in [-0.3, -0.25) is 0 Å². The van der Waals surface area contributed by atoms with Gasteiger partial charge in [0.05, 0.1) is 6.10 Å². The molecule has 2 saturated heterocycles. The van der Waals surface area contributed by atoms with Crippen molar-refractivity contribution in [1.29, 1.82) is 0 Å². The van der Waals surface area contributed by atoms with Gasteiger partial charge in [-0.15, -0.1) is 0 Å². The minimum absolute atomic E-state index is 0.0632. The number of fused-ring (bicyclic) bond motifs is 2. The lowest BCUT2D eigenvalue weighted by Gasteiger charge is -2.55. The van der Waals surface area contributed by atoms with E-state index in [0.717, 1.165) is 26.2 Å². The Kier molecular flexibility index (Phi) is 2.51. The lowest BCUT2D eigenvalue weighted by atomic mass is 9.60. The fourth-order valence-electron chi connectivity index (χ4n) is 3.45. The Morgan fingerprint density at radius 1 is 1.06 bits per heavy atom. The maximum Gasteiger partial charge on any atom is 0.0739 e. The molecule has 0 aliphatic carbocycles. The van der Waals surface area contributed by atoms with Crippen LogP contribution in [0.4, 0.5) is 0 Å². The molecule has 2 heterocycles. The van der Waals surface area contributed by atoms with Crippen molar-refractivity contribution >= 4 is 0 Å². The molecule has 3 rings (SSSR count). The van der Waals surface area contributed by atoms with Crippen LogP contribution in [0.1, 0.15) is 12.5 Å². The van der Waals surface area contributed by atoms with Gasteiger partial charge in [-0.05, 0) is 5.56 Å². The normalized spacial score (nSPS) is 41.2. The predicted octanol–water partition coefficient (Wildman–Crippen LogP) is 0.498. The second kappa shape index (κ2) is 3.80. The van der Waals surface area contributed by atoms with Crippen LogP contribution in [0.3, 0.4) is 0 Å². The van der Waals surface area contributed by atoms with E-state index in [0.29, 0.717) is 0 Å². The Morgan fingerprint density at radius 3 is 2.24 bits per heavy atom. The van der Waals surface area contributed by atoms with Crippen molar-refractivity contribution < 1.29 is 5.11 Å². The topological polar surface area (TPSA) is 44.3 Å². The van der Waals surface area contributed by atoms with Gasteiger partial charge in [0.15, 0.2) is 0 Å². The fraction of sp³-hybridized carbons (Fsp3) is 0.571. The first-order valence-corrected chi connectivity index (χ1v) is 6.32. The largest absolute Gasteiger partial charge is 0.391 e. The lowest BCUT2D eigenvalue weighted by Crippen LogP contribution is -2.71. The Hall–Kier alpha value is -0.900. The maximum atomic E-state index is 10.8. The minimum Gasteiger partial charge on any atom is -0.391 e. The number of hydrogen-bond acceptors (Lipinski definition) is 3. The molecule has 1 atom stereocenters. The van der Waals surface area contributed by atoms with Crippen LogP contribution in [0.2, 0.25) is 0 Å². The number of piperidine rings is 2. The standard InChI is InChI=1S/C14H20N2O/c1-13-7-15-9-14(12(13)17,10-16-8-13)11-5-3-2-4-6-11/h2-6,12,15-17H,7-10H2,1H3/t12-,13?,14?/m0/s1. The zero-order valence-electron chi connectivity index (χ0n) is 10.2. The third-order valence-corrected chi connectivity index (χ3v) is 4.47. The molecule has 0 unspecified atom stereocenters. The minimum atomic E-state index is -0.278.